The highest BCUT2D eigenvalue weighted by molar-refractivity contribution is 6.31. The summed E-state index contributed by atoms with van der Waals surface area (Å²) in [5, 5.41) is 11.8. The average Bonchev–Trinajstić information content (AvgIpc) is 2.94. The lowest BCUT2D eigenvalue weighted by molar-refractivity contribution is -0.189. The SMILES string of the molecule is C#CC(N1CC(C(=O)O)=C2N=C(c3cccc(Cl)c3)C=C(C)N21)C(F)(F)F. The summed E-state index contributed by atoms with van der Waals surface area (Å²) in [5.74, 6) is 0.237. The lowest BCUT2D eigenvalue weighted by Gasteiger charge is -2.37. The Balaban J connectivity index is 2.10. The molecule has 2 aliphatic heterocycles. The molecule has 0 aliphatic carbocycles. The topological polar surface area (TPSA) is 56.1 Å². The predicted molar refractivity (Wildman–Crippen MR) is 93.6 cm³/mol. The first kappa shape index (κ1) is 19.0. The van der Waals surface area contributed by atoms with Crippen molar-refractivity contribution in [1.82, 2.24) is 10.0 Å². The molecule has 9 heteroatoms. The van der Waals surface area contributed by atoms with E-state index >= 15 is 0 Å². The van der Waals surface area contributed by atoms with Crippen LogP contribution in [0.25, 0.3) is 0 Å². The van der Waals surface area contributed by atoms with Crippen LogP contribution in [0.5, 0.6) is 0 Å². The van der Waals surface area contributed by atoms with Gasteiger partial charge in [-0.25, -0.2) is 9.79 Å². The van der Waals surface area contributed by atoms with Crippen LogP contribution in [0.3, 0.4) is 0 Å². The lowest BCUT2D eigenvalue weighted by Crippen LogP contribution is -2.50. The van der Waals surface area contributed by atoms with Gasteiger partial charge in [0, 0.05) is 16.3 Å². The van der Waals surface area contributed by atoms with Crippen LogP contribution in [0, 0.1) is 12.3 Å². The van der Waals surface area contributed by atoms with Crippen molar-refractivity contribution in [2.45, 2.75) is 19.1 Å². The molecule has 0 aromatic heterocycles. The molecule has 0 saturated carbocycles. The molecular formula is C18H13ClF3N3O2. The lowest BCUT2D eigenvalue weighted by atomic mass is 10.1. The van der Waals surface area contributed by atoms with Crippen LogP contribution in [-0.4, -0.2) is 45.6 Å². The second-order valence-electron chi connectivity index (χ2n) is 5.92. The Morgan fingerprint density at radius 1 is 1.44 bits per heavy atom. The number of rotatable bonds is 3. The van der Waals surface area contributed by atoms with E-state index in [-0.39, 0.29) is 11.4 Å². The summed E-state index contributed by atoms with van der Waals surface area (Å²) in [7, 11) is 0. The maximum Gasteiger partial charge on any atom is 0.416 e. The Morgan fingerprint density at radius 3 is 2.70 bits per heavy atom. The minimum Gasteiger partial charge on any atom is -0.478 e. The minimum atomic E-state index is -4.73. The van der Waals surface area contributed by atoms with Crippen LogP contribution in [0.15, 0.2) is 52.4 Å². The van der Waals surface area contributed by atoms with Gasteiger partial charge >= 0.3 is 12.1 Å². The van der Waals surface area contributed by atoms with Gasteiger partial charge in [0.25, 0.3) is 0 Å². The van der Waals surface area contributed by atoms with Crippen molar-refractivity contribution < 1.29 is 23.1 Å². The monoisotopic (exact) mass is 395 g/mol. The van der Waals surface area contributed by atoms with Gasteiger partial charge in [-0.15, -0.1) is 6.42 Å². The standard InChI is InChI=1S/C18H13ClF3N3O2/c1-3-15(18(20,21)22)24-9-13(17(26)27)16-23-14(7-10(2)25(16)24)11-5-4-6-12(19)8-11/h1,4-8,15H,9H2,2H3,(H,26,27). The number of nitrogens with zero attached hydrogens (tertiary/aromatic N) is 3. The molecular weight excluding hydrogens is 383 g/mol. The Morgan fingerprint density at radius 2 is 2.15 bits per heavy atom. The Bertz CT molecular complexity index is 944. The van der Waals surface area contributed by atoms with Crippen LogP contribution in [-0.2, 0) is 4.79 Å². The Labute approximate surface area is 158 Å². The smallest absolute Gasteiger partial charge is 0.416 e. The van der Waals surface area contributed by atoms with E-state index in [0.717, 1.165) is 10.0 Å². The summed E-state index contributed by atoms with van der Waals surface area (Å²) in [4.78, 5) is 15.9. The summed E-state index contributed by atoms with van der Waals surface area (Å²) in [5.41, 5.74) is 1.09. The summed E-state index contributed by atoms with van der Waals surface area (Å²) in [6.45, 7) is 1.04. The van der Waals surface area contributed by atoms with Crippen LogP contribution >= 0.6 is 11.6 Å². The number of carboxylic acid groups (broad SMARTS) is 1. The number of aliphatic carboxylic acids is 1. The molecule has 1 aromatic carbocycles. The van der Waals surface area contributed by atoms with E-state index in [1.54, 1.807) is 43.2 Å². The number of benzene rings is 1. The zero-order valence-electron chi connectivity index (χ0n) is 14.0. The van der Waals surface area contributed by atoms with Gasteiger partial charge in [-0.2, -0.15) is 18.2 Å². The van der Waals surface area contributed by atoms with Crippen molar-refractivity contribution in [3.63, 3.8) is 0 Å². The second kappa shape index (κ2) is 6.76. The average molecular weight is 396 g/mol. The van der Waals surface area contributed by atoms with Crippen molar-refractivity contribution in [2.75, 3.05) is 6.54 Å². The fraction of sp³-hybridized carbons (Fsp3) is 0.222. The van der Waals surface area contributed by atoms with Gasteiger partial charge in [0.15, 0.2) is 11.9 Å². The summed E-state index contributed by atoms with van der Waals surface area (Å²) in [6.07, 6.45) is 1.91. The first-order valence-electron chi connectivity index (χ1n) is 7.72. The zero-order chi connectivity index (χ0) is 19.9. The molecule has 0 radical (unpaired) electrons. The summed E-state index contributed by atoms with van der Waals surface area (Å²) < 4.78 is 40.0. The molecule has 0 amide bonds. The highest BCUT2D eigenvalue weighted by Gasteiger charge is 2.50. The van der Waals surface area contributed by atoms with Crippen LogP contribution in [0.1, 0.15) is 12.5 Å². The minimum absolute atomic E-state index is 0.0954. The first-order valence-corrected chi connectivity index (χ1v) is 8.10. The fourth-order valence-corrected chi connectivity index (χ4v) is 3.15. The molecule has 0 bridgehead atoms. The van der Waals surface area contributed by atoms with Crippen LogP contribution in [0.2, 0.25) is 5.02 Å². The summed E-state index contributed by atoms with van der Waals surface area (Å²) in [6, 6.07) is 4.43. The quantitative estimate of drug-likeness (QED) is 0.797. The van der Waals surface area contributed by atoms with Crippen molar-refractivity contribution in [3.05, 3.63) is 58.0 Å². The highest BCUT2D eigenvalue weighted by atomic mass is 35.5. The normalized spacial score (nSPS) is 18.6. The molecule has 140 valence electrons. The number of halogens is 4. The van der Waals surface area contributed by atoms with E-state index in [2.05, 4.69) is 4.99 Å². The van der Waals surface area contributed by atoms with E-state index < -0.39 is 24.7 Å². The van der Waals surface area contributed by atoms with Crippen molar-refractivity contribution >= 4 is 23.3 Å². The molecule has 2 aliphatic rings. The number of fused-ring (bicyclic) bond motifs is 1. The van der Waals surface area contributed by atoms with Crippen LogP contribution < -0.4 is 0 Å². The molecule has 0 fully saturated rings. The summed E-state index contributed by atoms with van der Waals surface area (Å²) >= 11 is 5.98. The maximum absolute atomic E-state index is 13.3. The third-order valence-corrected chi connectivity index (χ3v) is 4.33. The molecule has 5 nitrogen and oxygen atoms in total. The Hall–Kier alpha value is -2.76. The molecule has 1 atom stereocenters. The second-order valence-corrected chi connectivity index (χ2v) is 6.36. The third kappa shape index (κ3) is 3.44. The van der Waals surface area contributed by atoms with E-state index in [9.17, 15) is 23.1 Å². The molecule has 1 aromatic rings. The Kier molecular flexibility index (Phi) is 4.76. The number of aliphatic imine (C=N–C) groups is 1. The van der Waals surface area contributed by atoms with Gasteiger partial charge in [-0.3, -0.25) is 5.01 Å². The van der Waals surface area contributed by atoms with E-state index in [4.69, 9.17) is 18.0 Å². The van der Waals surface area contributed by atoms with E-state index in [0.29, 0.717) is 22.0 Å². The van der Waals surface area contributed by atoms with Gasteiger partial charge in [0.2, 0.25) is 0 Å². The van der Waals surface area contributed by atoms with E-state index in [1.165, 1.54) is 0 Å². The maximum atomic E-state index is 13.3. The first-order chi connectivity index (χ1) is 12.6. The molecule has 1 N–H and O–H groups in total. The molecule has 2 heterocycles. The number of terminal acetylenes is 1. The molecule has 0 spiro atoms. The molecule has 27 heavy (non-hydrogen) atoms. The molecule has 0 saturated heterocycles. The van der Waals surface area contributed by atoms with Crippen molar-refractivity contribution in [2.24, 2.45) is 4.99 Å². The third-order valence-electron chi connectivity index (χ3n) is 4.10. The molecule has 3 rings (SSSR count). The van der Waals surface area contributed by atoms with Gasteiger partial charge in [0.1, 0.15) is 0 Å². The highest BCUT2D eigenvalue weighted by Crippen LogP contribution is 2.37. The van der Waals surface area contributed by atoms with Gasteiger partial charge < -0.3 is 5.11 Å². The number of hydrogen-bond donors (Lipinski definition) is 1. The number of carboxylic acids is 1. The zero-order valence-corrected chi connectivity index (χ0v) is 14.7. The van der Waals surface area contributed by atoms with Crippen molar-refractivity contribution in [1.29, 1.82) is 0 Å². The fourth-order valence-electron chi connectivity index (χ4n) is 2.96. The number of hydrogen-bond acceptors (Lipinski definition) is 4. The van der Waals surface area contributed by atoms with Crippen LogP contribution in [0.4, 0.5) is 13.2 Å². The van der Waals surface area contributed by atoms with E-state index in [1.807, 2.05) is 0 Å². The van der Waals surface area contributed by atoms with Gasteiger partial charge in [-0.1, -0.05) is 29.7 Å². The predicted octanol–water partition coefficient (Wildman–Crippen LogP) is 3.44. The largest absolute Gasteiger partial charge is 0.478 e. The number of allylic oxidation sites excluding steroid dienone is 2. The number of carbonyl (C=O) groups is 1. The van der Waals surface area contributed by atoms with Gasteiger partial charge in [0.05, 0.1) is 17.8 Å². The van der Waals surface area contributed by atoms with Gasteiger partial charge in [-0.05, 0) is 25.1 Å². The number of hydrazine groups is 1. The van der Waals surface area contributed by atoms with Crippen molar-refractivity contribution in [3.8, 4) is 12.3 Å². The number of alkyl halides is 3. The molecule has 1 unspecified atom stereocenters.